The summed E-state index contributed by atoms with van der Waals surface area (Å²) in [6.45, 7) is 31.7. The van der Waals surface area contributed by atoms with Gasteiger partial charge in [-0.25, -0.2) is 4.79 Å². The highest BCUT2D eigenvalue weighted by molar-refractivity contribution is 6.11. The molecule has 8 aromatic rings. The van der Waals surface area contributed by atoms with Crippen LogP contribution in [0.3, 0.4) is 0 Å². The molecule has 0 unspecified atom stereocenters. The molecule has 0 spiro atoms. The summed E-state index contributed by atoms with van der Waals surface area (Å²) in [6.07, 6.45) is 0. The summed E-state index contributed by atoms with van der Waals surface area (Å²) in [4.78, 5) is 104. The molecule has 3 amide bonds. The number of amides is 3. The summed E-state index contributed by atoms with van der Waals surface area (Å²) in [6, 6.07) is 23.2. The van der Waals surface area contributed by atoms with Gasteiger partial charge in [0.05, 0.1) is 81.6 Å². The molecule has 107 heavy (non-hydrogen) atoms. The third-order valence-corrected chi connectivity index (χ3v) is 16.7. The molecule has 564 valence electrons. The number of anilines is 12. The molecule has 0 heterocycles. The Morgan fingerprint density at radius 3 is 0.804 bits per heavy atom. The van der Waals surface area contributed by atoms with Crippen molar-refractivity contribution < 1.29 is 62.6 Å². The summed E-state index contributed by atoms with van der Waals surface area (Å²) in [5, 5.41) is 71.6. The maximum absolute atomic E-state index is 14.7. The first kappa shape index (κ1) is 80.1. The third-order valence-electron chi connectivity index (χ3n) is 16.7. The summed E-state index contributed by atoms with van der Waals surface area (Å²) in [7, 11) is 0. The van der Waals surface area contributed by atoms with Crippen LogP contribution in [0.5, 0.6) is 23.0 Å². The molecule has 0 aromatic heterocycles. The first-order valence-corrected chi connectivity index (χ1v) is 34.6. The molecule has 0 saturated heterocycles. The molecular formula is C78H90N12O17. The van der Waals surface area contributed by atoms with E-state index in [1.54, 1.807) is 111 Å². The zero-order valence-electron chi connectivity index (χ0n) is 62.9. The van der Waals surface area contributed by atoms with Crippen LogP contribution in [-0.4, -0.2) is 76.4 Å². The predicted molar refractivity (Wildman–Crippen MR) is 415 cm³/mol. The molecule has 8 aromatic carbocycles. The topological polar surface area (TPSA) is 397 Å². The lowest BCUT2D eigenvalue weighted by Gasteiger charge is -2.20. The molecule has 9 N–H and O–H groups in total. The lowest BCUT2D eigenvalue weighted by molar-refractivity contribution is -0.393. The standard InChI is InChI=1S/C78H90N12O17/c1-18-103-78(94)58-30-69(106-37-41(6)7)57(29-70(58)107-38-42(8)9)77(93)82-54-25-49(16)74(50(17)26-54)86-62-32-61(65(89(99)100)34-66(62)90(101)102)85-73-47(14)23-53(24-48(73)15)81-76(92)56-28-67(104-35-39(2)3)55(27-68(56)105-36-40(4)5)75(91)80-52-21-45(12)72(46(13)22-52)84-60-31-59(63(87(95)96)33-64(60)88(97)98)83-71-43(10)19-51(79)20-44(71)11/h19-34,39-42,83-86H,18,35-38,79H2,1-17H3,(H,80,91)(H,81,92)(H,82,93). The Bertz CT molecular complexity index is 4750. The van der Waals surface area contributed by atoms with E-state index in [1.807, 2.05) is 55.4 Å². The van der Waals surface area contributed by atoms with E-state index in [1.165, 1.54) is 36.4 Å². The van der Waals surface area contributed by atoms with Gasteiger partial charge >= 0.3 is 5.97 Å². The van der Waals surface area contributed by atoms with Gasteiger partial charge in [0, 0.05) is 45.5 Å². The Hall–Kier alpha value is -12.6. The van der Waals surface area contributed by atoms with Gasteiger partial charge in [-0.2, -0.15) is 0 Å². The van der Waals surface area contributed by atoms with Gasteiger partial charge in [-0.05, 0) is 215 Å². The maximum Gasteiger partial charge on any atom is 0.342 e. The SMILES string of the molecule is CCOC(=O)c1cc(OCC(C)C)c(C(=O)Nc2cc(C)c(Nc3cc(Nc4c(C)cc(NC(=O)c5cc(OCC(C)C)c(C(=O)Nc6cc(C)c(Nc7cc(Nc8c(C)cc(N)cc8C)c([N+](=O)[O-])cc7[N+](=O)[O-])c(C)c6)cc5OCC(C)C)cc4C)c([N+](=O)[O-])cc3[N+](=O)[O-])c(C)c2)cc1OCC(C)C. The number of rotatable bonds is 32. The van der Waals surface area contributed by atoms with Crippen LogP contribution in [0.15, 0.2) is 97.1 Å². The summed E-state index contributed by atoms with van der Waals surface area (Å²) in [5.74, 6) is -2.13. The normalized spacial score (nSPS) is 11.1. The fraction of sp³-hybridized carbons (Fsp3) is 0.333. The largest absolute Gasteiger partial charge is 0.492 e. The van der Waals surface area contributed by atoms with E-state index in [2.05, 4.69) is 37.2 Å². The number of nitrogens with one attached hydrogen (secondary N) is 7. The van der Waals surface area contributed by atoms with Gasteiger partial charge in [0.2, 0.25) is 0 Å². The van der Waals surface area contributed by atoms with E-state index in [9.17, 15) is 59.6 Å². The van der Waals surface area contributed by atoms with Gasteiger partial charge in [-0.1, -0.05) is 55.4 Å². The van der Waals surface area contributed by atoms with Crippen molar-refractivity contribution >= 4 is 115 Å². The van der Waals surface area contributed by atoms with Crippen LogP contribution in [-0.2, 0) is 4.74 Å². The van der Waals surface area contributed by atoms with Crippen LogP contribution >= 0.6 is 0 Å². The Morgan fingerprint density at radius 1 is 0.355 bits per heavy atom. The molecule has 0 atom stereocenters. The van der Waals surface area contributed by atoms with E-state index >= 15 is 0 Å². The number of carbonyl (C=O) groups is 4. The highest BCUT2D eigenvalue weighted by atomic mass is 16.6. The van der Waals surface area contributed by atoms with Crippen molar-refractivity contribution in [2.75, 3.05) is 76.0 Å². The number of nitrogens with zero attached hydrogens (tertiary/aromatic N) is 4. The highest BCUT2D eigenvalue weighted by Crippen LogP contribution is 2.45. The molecule has 0 fully saturated rings. The van der Waals surface area contributed by atoms with E-state index in [0.29, 0.717) is 90.0 Å². The van der Waals surface area contributed by atoms with Crippen LogP contribution < -0.4 is 61.9 Å². The smallest absolute Gasteiger partial charge is 0.342 e. The summed E-state index contributed by atoms with van der Waals surface area (Å²) < 4.78 is 30.0. The molecule has 29 nitrogen and oxygen atoms in total. The van der Waals surface area contributed by atoms with Gasteiger partial charge in [-0.3, -0.25) is 54.8 Å². The van der Waals surface area contributed by atoms with E-state index in [4.69, 9.17) is 29.4 Å². The Labute approximate surface area is 619 Å². The molecule has 0 aliphatic carbocycles. The molecule has 29 heteroatoms. The van der Waals surface area contributed by atoms with Crippen molar-refractivity contribution in [3.63, 3.8) is 0 Å². The first-order chi connectivity index (χ1) is 50.4. The average molecular weight is 1470 g/mol. The molecular weight excluding hydrogens is 1380 g/mol. The van der Waals surface area contributed by atoms with Crippen LogP contribution in [0.25, 0.3) is 0 Å². The number of hydrogen-bond donors (Lipinski definition) is 8. The number of nitro benzene ring substituents is 4. The van der Waals surface area contributed by atoms with Crippen LogP contribution in [0.2, 0.25) is 0 Å². The van der Waals surface area contributed by atoms with E-state index in [0.717, 1.165) is 12.1 Å². The van der Waals surface area contributed by atoms with E-state index < -0.39 is 66.1 Å². The van der Waals surface area contributed by atoms with Crippen molar-refractivity contribution in [1.29, 1.82) is 0 Å². The fourth-order valence-electron chi connectivity index (χ4n) is 11.7. The van der Waals surface area contributed by atoms with Crippen LogP contribution in [0, 0.1) is 120 Å². The number of nitrogen functional groups attached to an aromatic ring is 1. The Morgan fingerprint density at radius 2 is 0.579 bits per heavy atom. The number of esters is 1. The lowest BCUT2D eigenvalue weighted by atomic mass is 10.0. The number of nitrogens with two attached hydrogens (primary N) is 1. The number of nitro groups is 4. The minimum Gasteiger partial charge on any atom is -0.492 e. The second kappa shape index (κ2) is 34.4. The van der Waals surface area contributed by atoms with Gasteiger partial charge in [0.1, 0.15) is 51.3 Å². The predicted octanol–water partition coefficient (Wildman–Crippen LogP) is 18.4. The third kappa shape index (κ3) is 19.8. The van der Waals surface area contributed by atoms with Crippen LogP contribution in [0.1, 0.15) is 148 Å². The minimum atomic E-state index is -0.745. The lowest BCUT2D eigenvalue weighted by Crippen LogP contribution is -2.19. The van der Waals surface area contributed by atoms with Gasteiger partial charge in [0.25, 0.3) is 40.5 Å². The molecule has 0 bridgehead atoms. The molecule has 8 rings (SSSR count). The second-order valence-electron chi connectivity index (χ2n) is 27.9. The quantitative estimate of drug-likeness (QED) is 0.00840. The number of aryl methyl sites for hydroxylation is 8. The number of ether oxygens (including phenoxy) is 5. The average Bonchev–Trinajstić information content (AvgIpc) is 0.796. The van der Waals surface area contributed by atoms with Crippen molar-refractivity contribution in [3.8, 4) is 23.0 Å². The zero-order chi connectivity index (χ0) is 78.7. The molecule has 0 aliphatic rings. The van der Waals surface area contributed by atoms with Gasteiger partial charge in [-0.15, -0.1) is 0 Å². The van der Waals surface area contributed by atoms with Crippen molar-refractivity contribution in [3.05, 3.63) is 204 Å². The highest BCUT2D eigenvalue weighted by Gasteiger charge is 2.31. The number of hydrogen-bond acceptors (Lipinski definition) is 22. The minimum absolute atomic E-state index is 0.00593. The number of benzene rings is 8. The summed E-state index contributed by atoms with van der Waals surface area (Å²) in [5.41, 5.74) is 11.2. The fourth-order valence-corrected chi connectivity index (χ4v) is 11.7. The Kier molecular flexibility index (Phi) is 25.7. The monoisotopic (exact) mass is 1470 g/mol. The molecule has 0 saturated carbocycles. The second-order valence-corrected chi connectivity index (χ2v) is 27.9. The van der Waals surface area contributed by atoms with Crippen molar-refractivity contribution in [2.45, 2.75) is 118 Å². The van der Waals surface area contributed by atoms with Crippen molar-refractivity contribution in [2.24, 2.45) is 23.7 Å². The van der Waals surface area contributed by atoms with Gasteiger partial charge < -0.3 is 66.6 Å². The van der Waals surface area contributed by atoms with Gasteiger partial charge in [0.15, 0.2) is 0 Å². The number of carbonyl (C=O) groups excluding carboxylic acids is 4. The summed E-state index contributed by atoms with van der Waals surface area (Å²) >= 11 is 0. The van der Waals surface area contributed by atoms with E-state index in [-0.39, 0.29) is 125 Å². The Balaban J connectivity index is 1.06. The molecule has 0 aliphatic heterocycles. The van der Waals surface area contributed by atoms with Crippen LogP contribution in [0.4, 0.5) is 91.0 Å². The van der Waals surface area contributed by atoms with Crippen molar-refractivity contribution in [1.82, 2.24) is 0 Å². The molecule has 0 radical (unpaired) electrons. The maximum atomic E-state index is 14.7. The first-order valence-electron chi connectivity index (χ1n) is 34.6. The zero-order valence-corrected chi connectivity index (χ0v) is 62.9.